The van der Waals surface area contributed by atoms with Crippen LogP contribution in [-0.2, 0) is 4.79 Å². The molecular weight excluding hydrogens is 182 g/mol. The molecule has 0 aromatic heterocycles. The molecule has 0 fully saturated rings. The van der Waals surface area contributed by atoms with Gasteiger partial charge in [-0.3, -0.25) is 4.79 Å². The topological polar surface area (TPSA) is 81.6 Å². The molecule has 0 spiro atoms. The van der Waals surface area contributed by atoms with Crippen molar-refractivity contribution in [3.8, 4) is 5.75 Å². The standard InChI is InChI=1S/C9H13N3O2/c1-6(13)12(11)9-4-3-7(14-2)5-8(9)10/h3-5H,10-11H2,1-2H3. The van der Waals surface area contributed by atoms with Crippen LogP contribution in [0.25, 0.3) is 0 Å². The number of nitrogen functional groups attached to an aromatic ring is 1. The Kier molecular flexibility index (Phi) is 2.93. The zero-order chi connectivity index (χ0) is 10.7. The van der Waals surface area contributed by atoms with E-state index in [4.69, 9.17) is 16.3 Å². The predicted octanol–water partition coefficient (Wildman–Crippen LogP) is 0.504. The molecule has 0 aliphatic carbocycles. The number of ether oxygens (including phenoxy) is 1. The molecule has 5 heteroatoms. The van der Waals surface area contributed by atoms with E-state index in [1.54, 1.807) is 25.3 Å². The quantitative estimate of drug-likeness (QED) is 0.311. The molecular formula is C9H13N3O2. The number of hydrogen-bond acceptors (Lipinski definition) is 4. The van der Waals surface area contributed by atoms with E-state index in [-0.39, 0.29) is 5.91 Å². The highest BCUT2D eigenvalue weighted by atomic mass is 16.5. The third kappa shape index (κ3) is 1.94. The molecule has 0 atom stereocenters. The summed E-state index contributed by atoms with van der Waals surface area (Å²) < 4.78 is 4.97. The van der Waals surface area contributed by atoms with Gasteiger partial charge in [0.25, 0.3) is 0 Å². The van der Waals surface area contributed by atoms with Crippen LogP contribution in [0, 0.1) is 0 Å². The Morgan fingerprint density at radius 3 is 2.57 bits per heavy atom. The number of nitrogens with two attached hydrogens (primary N) is 2. The first-order valence-electron chi connectivity index (χ1n) is 4.05. The van der Waals surface area contributed by atoms with Crippen molar-refractivity contribution in [1.29, 1.82) is 0 Å². The van der Waals surface area contributed by atoms with Gasteiger partial charge in [0, 0.05) is 13.0 Å². The van der Waals surface area contributed by atoms with E-state index in [9.17, 15) is 4.79 Å². The van der Waals surface area contributed by atoms with Crippen molar-refractivity contribution in [2.45, 2.75) is 6.92 Å². The van der Waals surface area contributed by atoms with Crippen molar-refractivity contribution < 1.29 is 9.53 Å². The van der Waals surface area contributed by atoms with E-state index in [1.807, 2.05) is 0 Å². The molecule has 0 bridgehead atoms. The molecule has 0 radical (unpaired) electrons. The summed E-state index contributed by atoms with van der Waals surface area (Å²) in [5.41, 5.74) is 6.56. The summed E-state index contributed by atoms with van der Waals surface area (Å²) in [5.74, 6) is 5.85. The molecule has 0 saturated heterocycles. The van der Waals surface area contributed by atoms with Crippen LogP contribution in [-0.4, -0.2) is 13.0 Å². The van der Waals surface area contributed by atoms with Crippen molar-refractivity contribution in [2.24, 2.45) is 5.84 Å². The summed E-state index contributed by atoms with van der Waals surface area (Å²) >= 11 is 0. The molecule has 4 N–H and O–H groups in total. The Morgan fingerprint density at radius 2 is 2.14 bits per heavy atom. The maximum atomic E-state index is 11.0. The number of hydrogen-bond donors (Lipinski definition) is 2. The lowest BCUT2D eigenvalue weighted by atomic mass is 10.2. The normalized spacial score (nSPS) is 9.64. The summed E-state index contributed by atoms with van der Waals surface area (Å²) in [6.07, 6.45) is 0. The molecule has 76 valence electrons. The molecule has 14 heavy (non-hydrogen) atoms. The van der Waals surface area contributed by atoms with Gasteiger partial charge in [-0.05, 0) is 12.1 Å². The van der Waals surface area contributed by atoms with Crippen molar-refractivity contribution in [1.82, 2.24) is 0 Å². The van der Waals surface area contributed by atoms with Crippen LogP contribution >= 0.6 is 0 Å². The maximum absolute atomic E-state index is 11.0. The highest BCUT2D eigenvalue weighted by molar-refractivity contribution is 5.93. The van der Waals surface area contributed by atoms with Gasteiger partial charge in [0.15, 0.2) is 0 Å². The van der Waals surface area contributed by atoms with Crippen molar-refractivity contribution in [3.05, 3.63) is 18.2 Å². The lowest BCUT2D eigenvalue weighted by Gasteiger charge is -2.16. The minimum atomic E-state index is -0.276. The Balaban J connectivity index is 3.05. The monoisotopic (exact) mass is 195 g/mol. The molecule has 0 saturated carbocycles. The zero-order valence-electron chi connectivity index (χ0n) is 8.15. The summed E-state index contributed by atoms with van der Waals surface area (Å²) in [6, 6.07) is 4.93. The lowest BCUT2D eigenvalue weighted by Crippen LogP contribution is -2.35. The van der Waals surface area contributed by atoms with Gasteiger partial charge in [-0.2, -0.15) is 0 Å². The third-order valence-corrected chi connectivity index (χ3v) is 1.83. The fourth-order valence-corrected chi connectivity index (χ4v) is 1.05. The summed E-state index contributed by atoms with van der Waals surface area (Å²) in [7, 11) is 1.54. The van der Waals surface area contributed by atoms with E-state index in [2.05, 4.69) is 0 Å². The number of anilines is 2. The van der Waals surface area contributed by atoms with E-state index >= 15 is 0 Å². The zero-order valence-corrected chi connectivity index (χ0v) is 8.15. The van der Waals surface area contributed by atoms with E-state index < -0.39 is 0 Å². The van der Waals surface area contributed by atoms with Crippen LogP contribution in [0.15, 0.2) is 18.2 Å². The van der Waals surface area contributed by atoms with Gasteiger partial charge in [0.1, 0.15) is 5.75 Å². The number of carbonyl (C=O) groups is 1. The van der Waals surface area contributed by atoms with Gasteiger partial charge in [0.2, 0.25) is 5.91 Å². The van der Waals surface area contributed by atoms with E-state index in [0.29, 0.717) is 17.1 Å². The van der Waals surface area contributed by atoms with Gasteiger partial charge in [-0.1, -0.05) is 0 Å². The Morgan fingerprint density at radius 1 is 1.50 bits per heavy atom. The molecule has 5 nitrogen and oxygen atoms in total. The summed E-state index contributed by atoms with van der Waals surface area (Å²) in [5, 5.41) is 0.995. The average Bonchev–Trinajstić information content (AvgIpc) is 2.16. The van der Waals surface area contributed by atoms with Crippen LogP contribution in [0.3, 0.4) is 0 Å². The number of amides is 1. The number of hydrazine groups is 1. The second-order valence-corrected chi connectivity index (χ2v) is 2.81. The third-order valence-electron chi connectivity index (χ3n) is 1.83. The molecule has 0 aliphatic rings. The van der Waals surface area contributed by atoms with Crippen LogP contribution in [0.4, 0.5) is 11.4 Å². The first-order chi connectivity index (χ1) is 6.56. The average molecular weight is 195 g/mol. The first-order valence-corrected chi connectivity index (χ1v) is 4.05. The number of carbonyl (C=O) groups excluding carboxylic acids is 1. The highest BCUT2D eigenvalue weighted by Crippen LogP contribution is 2.25. The fraction of sp³-hybridized carbons (Fsp3) is 0.222. The Hall–Kier alpha value is -1.75. The molecule has 0 aliphatic heterocycles. The van der Waals surface area contributed by atoms with Crippen molar-refractivity contribution in [3.63, 3.8) is 0 Å². The molecule has 1 aromatic rings. The highest BCUT2D eigenvalue weighted by Gasteiger charge is 2.10. The van der Waals surface area contributed by atoms with Crippen molar-refractivity contribution in [2.75, 3.05) is 17.9 Å². The predicted molar refractivity (Wildman–Crippen MR) is 54.8 cm³/mol. The fourth-order valence-electron chi connectivity index (χ4n) is 1.05. The largest absolute Gasteiger partial charge is 0.497 e. The van der Waals surface area contributed by atoms with Crippen molar-refractivity contribution >= 4 is 17.3 Å². The molecule has 1 amide bonds. The maximum Gasteiger partial charge on any atom is 0.238 e. The number of rotatable bonds is 2. The molecule has 0 heterocycles. The van der Waals surface area contributed by atoms with Gasteiger partial charge in [0.05, 0.1) is 18.5 Å². The van der Waals surface area contributed by atoms with E-state index in [1.165, 1.54) is 6.92 Å². The van der Waals surface area contributed by atoms with Gasteiger partial charge < -0.3 is 10.5 Å². The van der Waals surface area contributed by atoms with Crippen LogP contribution in [0.1, 0.15) is 6.92 Å². The van der Waals surface area contributed by atoms with Crippen LogP contribution in [0.2, 0.25) is 0 Å². The van der Waals surface area contributed by atoms with Crippen LogP contribution in [0.5, 0.6) is 5.75 Å². The van der Waals surface area contributed by atoms with Gasteiger partial charge in [-0.15, -0.1) is 0 Å². The molecule has 1 aromatic carbocycles. The van der Waals surface area contributed by atoms with Crippen LogP contribution < -0.4 is 21.3 Å². The number of benzene rings is 1. The number of nitrogens with zero attached hydrogens (tertiary/aromatic N) is 1. The molecule has 1 rings (SSSR count). The minimum absolute atomic E-state index is 0.276. The molecule has 0 unspecified atom stereocenters. The second-order valence-electron chi connectivity index (χ2n) is 2.81. The summed E-state index contributed by atoms with van der Waals surface area (Å²) in [4.78, 5) is 11.0. The Bertz CT molecular complexity index is 352. The van der Waals surface area contributed by atoms with Gasteiger partial charge >= 0.3 is 0 Å². The smallest absolute Gasteiger partial charge is 0.238 e. The van der Waals surface area contributed by atoms with Gasteiger partial charge in [-0.25, -0.2) is 10.9 Å². The summed E-state index contributed by atoms with van der Waals surface area (Å²) in [6.45, 7) is 1.36. The number of methoxy groups -OCH3 is 1. The SMILES string of the molecule is COc1ccc(N(N)C(C)=O)c(N)c1. The second kappa shape index (κ2) is 3.97. The minimum Gasteiger partial charge on any atom is -0.497 e. The van der Waals surface area contributed by atoms with E-state index in [0.717, 1.165) is 5.01 Å². The first kappa shape index (κ1) is 10.3. The Labute approximate surface area is 82.2 Å². The lowest BCUT2D eigenvalue weighted by molar-refractivity contribution is -0.116.